The molecule has 1 aliphatic heterocycles. The minimum atomic E-state index is 0.0624. The Labute approximate surface area is 124 Å². The highest BCUT2D eigenvalue weighted by Crippen LogP contribution is 2.14. The van der Waals surface area contributed by atoms with E-state index in [0.717, 1.165) is 5.75 Å². The summed E-state index contributed by atoms with van der Waals surface area (Å²) in [5.41, 5.74) is 0.662. The third-order valence-electron chi connectivity index (χ3n) is 3.57. The van der Waals surface area contributed by atoms with Crippen molar-refractivity contribution in [1.82, 2.24) is 4.90 Å². The van der Waals surface area contributed by atoms with Crippen molar-refractivity contribution < 1.29 is 19.1 Å². The molecule has 1 amide bonds. The van der Waals surface area contributed by atoms with Crippen molar-refractivity contribution in [3.05, 3.63) is 29.8 Å². The second-order valence-corrected chi connectivity index (χ2v) is 5.00. The SMILES string of the molecule is COc1ccc(C(=O)CCCC(=O)N2CCOCC2)cc1. The molecule has 114 valence electrons. The number of carbonyl (C=O) groups excluding carboxylic acids is 2. The molecule has 0 unspecified atom stereocenters. The molecular weight excluding hydrogens is 270 g/mol. The Morgan fingerprint density at radius 3 is 2.43 bits per heavy atom. The van der Waals surface area contributed by atoms with Crippen LogP contribution in [0.2, 0.25) is 0 Å². The lowest BCUT2D eigenvalue weighted by Gasteiger charge is -2.26. The Bertz CT molecular complexity index is 478. The van der Waals surface area contributed by atoms with Gasteiger partial charge in [-0.25, -0.2) is 0 Å². The van der Waals surface area contributed by atoms with Gasteiger partial charge in [-0.15, -0.1) is 0 Å². The maximum Gasteiger partial charge on any atom is 0.222 e. The van der Waals surface area contributed by atoms with Crippen LogP contribution in [0.1, 0.15) is 29.6 Å². The molecule has 0 spiro atoms. The number of ether oxygens (including phenoxy) is 2. The predicted molar refractivity (Wildman–Crippen MR) is 78.6 cm³/mol. The molecule has 0 aliphatic carbocycles. The van der Waals surface area contributed by atoms with Crippen LogP contribution < -0.4 is 4.74 Å². The van der Waals surface area contributed by atoms with Gasteiger partial charge in [0.15, 0.2) is 5.78 Å². The van der Waals surface area contributed by atoms with Crippen LogP contribution in [0.4, 0.5) is 0 Å². The Balaban J connectivity index is 1.74. The van der Waals surface area contributed by atoms with E-state index in [0.29, 0.717) is 51.1 Å². The van der Waals surface area contributed by atoms with Crippen molar-refractivity contribution in [3.8, 4) is 5.75 Å². The van der Waals surface area contributed by atoms with Gasteiger partial charge in [0.25, 0.3) is 0 Å². The lowest BCUT2D eigenvalue weighted by atomic mass is 10.1. The average molecular weight is 291 g/mol. The first-order valence-electron chi connectivity index (χ1n) is 7.23. The first-order chi connectivity index (χ1) is 10.2. The quantitative estimate of drug-likeness (QED) is 0.751. The normalized spacial score (nSPS) is 14.8. The molecule has 5 heteroatoms. The number of benzene rings is 1. The van der Waals surface area contributed by atoms with Gasteiger partial charge in [-0.3, -0.25) is 9.59 Å². The van der Waals surface area contributed by atoms with Crippen LogP contribution in [-0.2, 0) is 9.53 Å². The summed E-state index contributed by atoms with van der Waals surface area (Å²) in [5, 5.41) is 0. The Morgan fingerprint density at radius 2 is 1.81 bits per heavy atom. The second-order valence-electron chi connectivity index (χ2n) is 5.00. The molecule has 1 fully saturated rings. The van der Waals surface area contributed by atoms with Crippen LogP contribution in [-0.4, -0.2) is 50.0 Å². The topological polar surface area (TPSA) is 55.8 Å². The molecule has 0 atom stereocenters. The van der Waals surface area contributed by atoms with E-state index in [4.69, 9.17) is 9.47 Å². The third kappa shape index (κ3) is 4.56. The van der Waals surface area contributed by atoms with Gasteiger partial charge in [-0.05, 0) is 30.7 Å². The van der Waals surface area contributed by atoms with Gasteiger partial charge < -0.3 is 14.4 Å². The van der Waals surface area contributed by atoms with E-state index >= 15 is 0 Å². The van der Waals surface area contributed by atoms with Crippen LogP contribution in [0.15, 0.2) is 24.3 Å². The second kappa shape index (κ2) is 7.78. The molecule has 1 heterocycles. The molecule has 2 rings (SSSR count). The van der Waals surface area contributed by atoms with Crippen LogP contribution in [0.5, 0.6) is 5.75 Å². The zero-order valence-electron chi connectivity index (χ0n) is 12.3. The minimum Gasteiger partial charge on any atom is -0.497 e. The molecule has 0 radical (unpaired) electrons. The number of Topliss-reactive ketones (excluding diaryl/α,β-unsaturated/α-hetero) is 1. The number of methoxy groups -OCH3 is 1. The number of morpholine rings is 1. The van der Waals surface area contributed by atoms with Crippen molar-refractivity contribution in [1.29, 1.82) is 0 Å². The summed E-state index contributed by atoms with van der Waals surface area (Å²) in [6.45, 7) is 2.53. The Morgan fingerprint density at radius 1 is 1.14 bits per heavy atom. The van der Waals surface area contributed by atoms with Crippen molar-refractivity contribution in [3.63, 3.8) is 0 Å². The van der Waals surface area contributed by atoms with Crippen molar-refractivity contribution in [2.45, 2.75) is 19.3 Å². The van der Waals surface area contributed by atoms with E-state index in [1.807, 2.05) is 0 Å². The Hall–Kier alpha value is -1.88. The number of hydrogen-bond acceptors (Lipinski definition) is 4. The first kappa shape index (κ1) is 15.5. The number of nitrogens with zero attached hydrogens (tertiary/aromatic N) is 1. The first-order valence-corrected chi connectivity index (χ1v) is 7.23. The van der Waals surface area contributed by atoms with Gasteiger partial charge in [0.2, 0.25) is 5.91 Å². The molecular formula is C16H21NO4. The van der Waals surface area contributed by atoms with Crippen LogP contribution in [0.25, 0.3) is 0 Å². The highest BCUT2D eigenvalue weighted by molar-refractivity contribution is 5.96. The van der Waals surface area contributed by atoms with E-state index in [-0.39, 0.29) is 11.7 Å². The Kier molecular flexibility index (Phi) is 5.75. The molecule has 0 N–H and O–H groups in total. The van der Waals surface area contributed by atoms with Crippen LogP contribution in [0.3, 0.4) is 0 Å². The molecule has 21 heavy (non-hydrogen) atoms. The van der Waals surface area contributed by atoms with Gasteiger partial charge in [0.1, 0.15) is 5.75 Å². The van der Waals surface area contributed by atoms with E-state index in [2.05, 4.69) is 0 Å². The summed E-state index contributed by atoms with van der Waals surface area (Å²) < 4.78 is 10.3. The van der Waals surface area contributed by atoms with Crippen molar-refractivity contribution >= 4 is 11.7 Å². The molecule has 1 saturated heterocycles. The standard InChI is InChI=1S/C16H21NO4/c1-20-14-7-5-13(6-8-14)15(18)3-2-4-16(19)17-9-11-21-12-10-17/h5-8H,2-4,9-12H2,1H3. The van der Waals surface area contributed by atoms with E-state index in [9.17, 15) is 9.59 Å². The summed E-state index contributed by atoms with van der Waals surface area (Å²) in [4.78, 5) is 25.8. The maximum absolute atomic E-state index is 12.0. The van der Waals surface area contributed by atoms with Gasteiger partial charge in [-0.1, -0.05) is 0 Å². The van der Waals surface area contributed by atoms with Gasteiger partial charge in [0.05, 0.1) is 20.3 Å². The van der Waals surface area contributed by atoms with Gasteiger partial charge in [0, 0.05) is 31.5 Å². The molecule has 1 aromatic rings. The lowest BCUT2D eigenvalue weighted by molar-refractivity contribution is -0.135. The van der Waals surface area contributed by atoms with E-state index in [1.54, 1.807) is 36.3 Å². The van der Waals surface area contributed by atoms with E-state index < -0.39 is 0 Å². The van der Waals surface area contributed by atoms with Crippen LogP contribution >= 0.6 is 0 Å². The molecule has 0 aromatic heterocycles. The van der Waals surface area contributed by atoms with Crippen molar-refractivity contribution in [2.75, 3.05) is 33.4 Å². The number of hydrogen-bond donors (Lipinski definition) is 0. The molecule has 1 aromatic carbocycles. The third-order valence-corrected chi connectivity index (χ3v) is 3.57. The fourth-order valence-corrected chi connectivity index (χ4v) is 2.29. The number of ketones is 1. The van der Waals surface area contributed by atoms with Gasteiger partial charge >= 0.3 is 0 Å². The van der Waals surface area contributed by atoms with Crippen LogP contribution in [0, 0.1) is 0 Å². The molecule has 5 nitrogen and oxygen atoms in total. The molecule has 0 saturated carbocycles. The zero-order valence-corrected chi connectivity index (χ0v) is 12.3. The van der Waals surface area contributed by atoms with Gasteiger partial charge in [-0.2, -0.15) is 0 Å². The largest absolute Gasteiger partial charge is 0.497 e. The molecule has 0 bridgehead atoms. The lowest BCUT2D eigenvalue weighted by Crippen LogP contribution is -2.40. The monoisotopic (exact) mass is 291 g/mol. The highest BCUT2D eigenvalue weighted by Gasteiger charge is 2.16. The minimum absolute atomic E-state index is 0.0624. The summed E-state index contributed by atoms with van der Waals surface area (Å²) in [5.74, 6) is 0.905. The maximum atomic E-state index is 12.0. The number of rotatable bonds is 6. The average Bonchev–Trinajstić information content (AvgIpc) is 2.55. The predicted octanol–water partition coefficient (Wildman–Crippen LogP) is 1.91. The summed E-state index contributed by atoms with van der Waals surface area (Å²) in [6, 6.07) is 7.05. The summed E-state index contributed by atoms with van der Waals surface area (Å²) in [6.07, 6.45) is 1.39. The summed E-state index contributed by atoms with van der Waals surface area (Å²) >= 11 is 0. The van der Waals surface area contributed by atoms with Crippen molar-refractivity contribution in [2.24, 2.45) is 0 Å². The zero-order chi connectivity index (χ0) is 15.1. The fourth-order valence-electron chi connectivity index (χ4n) is 2.29. The fraction of sp³-hybridized carbons (Fsp3) is 0.500. The van der Waals surface area contributed by atoms with E-state index in [1.165, 1.54) is 0 Å². The molecule has 1 aliphatic rings. The smallest absolute Gasteiger partial charge is 0.222 e. The number of carbonyl (C=O) groups is 2. The highest BCUT2D eigenvalue weighted by atomic mass is 16.5. The number of amides is 1. The summed E-state index contributed by atoms with van der Waals surface area (Å²) in [7, 11) is 1.59.